The predicted molar refractivity (Wildman–Crippen MR) is 73.3 cm³/mol. The Morgan fingerprint density at radius 3 is 3.11 bits per heavy atom. The summed E-state index contributed by atoms with van der Waals surface area (Å²) in [6.45, 7) is 6.48. The molecule has 0 radical (unpaired) electrons. The summed E-state index contributed by atoms with van der Waals surface area (Å²) < 4.78 is 7.85. The van der Waals surface area contributed by atoms with E-state index in [0.29, 0.717) is 31.0 Å². The number of hydrogen-bond acceptors (Lipinski definition) is 4. The number of nitrogens with one attached hydrogen (secondary N) is 2. The van der Waals surface area contributed by atoms with Gasteiger partial charge in [-0.2, -0.15) is 5.10 Å². The lowest BCUT2D eigenvalue weighted by Gasteiger charge is -2.20. The molecule has 1 aromatic heterocycles. The molecule has 0 bridgehead atoms. The summed E-state index contributed by atoms with van der Waals surface area (Å²) in [4.78, 5) is 12.1. The van der Waals surface area contributed by atoms with Crippen LogP contribution in [-0.4, -0.2) is 40.4 Å². The average molecular weight is 284 g/mol. The van der Waals surface area contributed by atoms with Gasteiger partial charge in [0.15, 0.2) is 4.77 Å². The van der Waals surface area contributed by atoms with Crippen molar-refractivity contribution in [2.75, 3.05) is 19.8 Å². The fraction of sp³-hybridized carbons (Fsp3) is 0.750. The zero-order valence-electron chi connectivity index (χ0n) is 11.4. The molecule has 2 N–H and O–H groups in total. The lowest BCUT2D eigenvalue weighted by atomic mass is 9.89. The summed E-state index contributed by atoms with van der Waals surface area (Å²) in [5.74, 6) is 0.933. The minimum Gasteiger partial charge on any atom is -0.380 e. The van der Waals surface area contributed by atoms with E-state index in [1.807, 2.05) is 18.4 Å². The van der Waals surface area contributed by atoms with Crippen LogP contribution in [-0.2, 0) is 22.5 Å². The van der Waals surface area contributed by atoms with Crippen LogP contribution >= 0.6 is 12.2 Å². The first-order valence-corrected chi connectivity index (χ1v) is 6.98. The van der Waals surface area contributed by atoms with E-state index in [1.165, 1.54) is 0 Å². The quantitative estimate of drug-likeness (QED) is 0.793. The van der Waals surface area contributed by atoms with Gasteiger partial charge < -0.3 is 14.6 Å². The maximum atomic E-state index is 12.1. The number of nitrogens with zero attached hydrogens (tertiary/aromatic N) is 2. The van der Waals surface area contributed by atoms with E-state index < -0.39 is 0 Å². The molecular weight excluding hydrogens is 264 g/mol. The minimum atomic E-state index is -0.379. The third kappa shape index (κ3) is 3.03. The summed E-state index contributed by atoms with van der Waals surface area (Å²) in [5, 5.41) is 9.89. The monoisotopic (exact) mass is 284 g/mol. The highest BCUT2D eigenvalue weighted by molar-refractivity contribution is 7.71. The van der Waals surface area contributed by atoms with Crippen molar-refractivity contribution < 1.29 is 9.53 Å². The molecule has 1 amide bonds. The smallest absolute Gasteiger partial charge is 0.228 e. The predicted octanol–water partition coefficient (Wildman–Crippen LogP) is 1.05. The van der Waals surface area contributed by atoms with Crippen LogP contribution in [0.2, 0.25) is 0 Å². The summed E-state index contributed by atoms with van der Waals surface area (Å²) >= 11 is 5.12. The van der Waals surface area contributed by atoms with E-state index in [0.717, 1.165) is 18.8 Å². The first kappa shape index (κ1) is 14.2. The van der Waals surface area contributed by atoms with Crippen LogP contribution in [0.25, 0.3) is 0 Å². The standard InChI is InChI=1S/C12H20N4O2S/c1-3-16-9(14-15-11(16)19)4-6-13-10(17)12(2)5-7-18-8-12/h3-8H2,1-2H3,(H,13,17)(H,15,19). The lowest BCUT2D eigenvalue weighted by molar-refractivity contribution is -0.130. The Bertz CT molecular complexity index is 502. The molecule has 1 fully saturated rings. The van der Waals surface area contributed by atoms with Gasteiger partial charge in [0.1, 0.15) is 5.82 Å². The second-order valence-corrected chi connectivity index (χ2v) is 5.45. The zero-order valence-corrected chi connectivity index (χ0v) is 12.2. The van der Waals surface area contributed by atoms with Crippen molar-refractivity contribution in [2.24, 2.45) is 5.41 Å². The zero-order chi connectivity index (χ0) is 13.9. The summed E-state index contributed by atoms with van der Waals surface area (Å²) in [5.41, 5.74) is -0.379. The molecule has 0 saturated carbocycles. The Kier molecular flexibility index (Phi) is 4.36. The van der Waals surface area contributed by atoms with Crippen molar-refractivity contribution in [3.8, 4) is 0 Å². The average Bonchev–Trinajstić information content (AvgIpc) is 2.97. The van der Waals surface area contributed by atoms with Crippen LogP contribution < -0.4 is 5.32 Å². The van der Waals surface area contributed by atoms with Gasteiger partial charge in [0.2, 0.25) is 5.91 Å². The number of carbonyl (C=O) groups is 1. The number of hydrogen-bond donors (Lipinski definition) is 2. The molecule has 1 aliphatic rings. The van der Waals surface area contributed by atoms with Gasteiger partial charge in [0.05, 0.1) is 12.0 Å². The largest absolute Gasteiger partial charge is 0.380 e. The molecule has 1 saturated heterocycles. The van der Waals surface area contributed by atoms with Crippen LogP contribution in [0.4, 0.5) is 0 Å². The van der Waals surface area contributed by atoms with E-state index in [9.17, 15) is 4.79 Å². The van der Waals surface area contributed by atoms with Gasteiger partial charge >= 0.3 is 0 Å². The lowest BCUT2D eigenvalue weighted by Crippen LogP contribution is -2.40. The van der Waals surface area contributed by atoms with Crippen molar-refractivity contribution >= 4 is 18.1 Å². The van der Waals surface area contributed by atoms with E-state index in [1.54, 1.807) is 0 Å². The summed E-state index contributed by atoms with van der Waals surface area (Å²) in [7, 11) is 0. The van der Waals surface area contributed by atoms with E-state index in [2.05, 4.69) is 15.5 Å². The van der Waals surface area contributed by atoms with Crippen molar-refractivity contribution in [2.45, 2.75) is 33.2 Å². The number of amides is 1. The van der Waals surface area contributed by atoms with Crippen molar-refractivity contribution in [1.82, 2.24) is 20.1 Å². The van der Waals surface area contributed by atoms with Crippen molar-refractivity contribution in [3.63, 3.8) is 0 Å². The van der Waals surface area contributed by atoms with Gasteiger partial charge in [-0.15, -0.1) is 0 Å². The van der Waals surface area contributed by atoms with Gasteiger partial charge in [0.25, 0.3) is 0 Å². The van der Waals surface area contributed by atoms with Crippen molar-refractivity contribution in [1.29, 1.82) is 0 Å². The molecule has 0 spiro atoms. The van der Waals surface area contributed by atoms with Crippen LogP contribution in [0.15, 0.2) is 0 Å². The van der Waals surface area contributed by atoms with Crippen LogP contribution in [0.3, 0.4) is 0 Å². The Hall–Kier alpha value is -1.21. The van der Waals surface area contributed by atoms with Crippen LogP contribution in [0, 0.1) is 10.2 Å². The topological polar surface area (TPSA) is 71.9 Å². The number of rotatable bonds is 5. The molecule has 1 aliphatic heterocycles. The summed E-state index contributed by atoms with van der Waals surface area (Å²) in [6.07, 6.45) is 1.45. The maximum Gasteiger partial charge on any atom is 0.228 e. The molecular formula is C12H20N4O2S. The SMILES string of the molecule is CCn1c(CCNC(=O)C2(C)CCOC2)n[nH]c1=S. The minimum absolute atomic E-state index is 0.0576. The molecule has 19 heavy (non-hydrogen) atoms. The molecule has 2 heterocycles. The van der Waals surface area contributed by atoms with E-state index in [-0.39, 0.29) is 11.3 Å². The molecule has 7 heteroatoms. The molecule has 1 unspecified atom stereocenters. The Morgan fingerprint density at radius 2 is 2.47 bits per heavy atom. The number of aromatic nitrogens is 3. The highest BCUT2D eigenvalue weighted by Gasteiger charge is 2.37. The molecule has 1 aromatic rings. The van der Waals surface area contributed by atoms with Gasteiger partial charge in [0, 0.05) is 26.1 Å². The third-order valence-electron chi connectivity index (χ3n) is 3.55. The van der Waals surface area contributed by atoms with Crippen LogP contribution in [0.1, 0.15) is 26.1 Å². The van der Waals surface area contributed by atoms with E-state index >= 15 is 0 Å². The summed E-state index contributed by atoms with van der Waals surface area (Å²) in [6, 6.07) is 0. The fourth-order valence-corrected chi connectivity index (χ4v) is 2.49. The fourth-order valence-electron chi connectivity index (χ4n) is 2.21. The first-order chi connectivity index (χ1) is 9.07. The number of carbonyl (C=O) groups excluding carboxylic acids is 1. The van der Waals surface area contributed by atoms with E-state index in [4.69, 9.17) is 17.0 Å². The Labute approximate surface area is 117 Å². The molecule has 0 aliphatic carbocycles. The molecule has 2 rings (SSSR count). The molecule has 6 nitrogen and oxygen atoms in total. The molecule has 106 valence electrons. The Morgan fingerprint density at radius 1 is 1.68 bits per heavy atom. The van der Waals surface area contributed by atoms with Gasteiger partial charge in [-0.1, -0.05) is 0 Å². The number of H-pyrrole nitrogens is 1. The molecule has 1 atom stereocenters. The number of ether oxygens (including phenoxy) is 1. The first-order valence-electron chi connectivity index (χ1n) is 6.57. The van der Waals surface area contributed by atoms with Gasteiger partial charge in [-0.05, 0) is 32.5 Å². The highest BCUT2D eigenvalue weighted by Crippen LogP contribution is 2.27. The highest BCUT2D eigenvalue weighted by atomic mass is 32.1. The van der Waals surface area contributed by atoms with Gasteiger partial charge in [-0.25, -0.2) is 0 Å². The normalized spacial score (nSPS) is 22.6. The second kappa shape index (κ2) is 5.83. The van der Waals surface area contributed by atoms with Gasteiger partial charge in [-0.3, -0.25) is 9.89 Å². The second-order valence-electron chi connectivity index (χ2n) is 5.06. The van der Waals surface area contributed by atoms with Crippen molar-refractivity contribution in [3.05, 3.63) is 10.6 Å². The third-order valence-corrected chi connectivity index (χ3v) is 3.87. The molecule has 0 aromatic carbocycles. The maximum absolute atomic E-state index is 12.1. The Balaban J connectivity index is 1.86. The number of aromatic amines is 1. The van der Waals surface area contributed by atoms with Crippen LogP contribution in [0.5, 0.6) is 0 Å².